The normalized spacial score (nSPS) is 26.3. The van der Waals surface area contributed by atoms with Crippen LogP contribution in [0.1, 0.15) is 15.9 Å². The first-order valence-electron chi connectivity index (χ1n) is 8.73. The molecule has 1 heterocycles. The van der Waals surface area contributed by atoms with Gasteiger partial charge in [-0.1, -0.05) is 0 Å². The molecule has 11 nitrogen and oxygen atoms in total. The predicted octanol–water partition coefficient (Wildman–Crippen LogP) is -1.08. The van der Waals surface area contributed by atoms with Crippen LogP contribution in [-0.4, -0.2) is 83.9 Å². The van der Waals surface area contributed by atoms with Crippen molar-refractivity contribution >= 4 is 5.78 Å². The molecule has 1 aliphatic heterocycles. The van der Waals surface area contributed by atoms with Gasteiger partial charge < -0.3 is 50.3 Å². The zero-order valence-electron chi connectivity index (χ0n) is 15.3. The van der Waals surface area contributed by atoms with E-state index in [4.69, 9.17) is 9.47 Å². The van der Waals surface area contributed by atoms with Crippen molar-refractivity contribution in [1.29, 1.82) is 0 Å². The van der Waals surface area contributed by atoms with E-state index in [9.17, 15) is 45.6 Å². The van der Waals surface area contributed by atoms with Crippen molar-refractivity contribution in [3.05, 3.63) is 41.5 Å². The molecule has 5 atom stereocenters. The van der Waals surface area contributed by atoms with Gasteiger partial charge in [-0.25, -0.2) is 0 Å². The van der Waals surface area contributed by atoms with Crippen LogP contribution in [-0.2, 0) is 4.74 Å². The molecule has 2 aromatic rings. The minimum atomic E-state index is -1.80. The molecule has 0 saturated carbocycles. The SMILES string of the molecule is O=C(c1ccc(O)c(O)c1)c1c(O)cc(O)cc1O[C@@H]1O[C@H](CO)[C@H](O)[C@H](O)[C@H]1O. The van der Waals surface area contributed by atoms with Crippen LogP contribution in [0.3, 0.4) is 0 Å². The lowest BCUT2D eigenvalue weighted by molar-refractivity contribution is -0.277. The van der Waals surface area contributed by atoms with Crippen molar-refractivity contribution < 1.29 is 55.1 Å². The van der Waals surface area contributed by atoms with Gasteiger partial charge in [0.1, 0.15) is 47.2 Å². The summed E-state index contributed by atoms with van der Waals surface area (Å²) in [5.74, 6) is -3.59. The second kappa shape index (κ2) is 8.34. The molecule has 2 aromatic carbocycles. The van der Waals surface area contributed by atoms with E-state index in [-0.39, 0.29) is 5.56 Å². The van der Waals surface area contributed by atoms with Crippen LogP contribution in [0.4, 0.5) is 0 Å². The number of carbonyl (C=O) groups is 1. The van der Waals surface area contributed by atoms with Crippen LogP contribution in [0.2, 0.25) is 0 Å². The molecule has 0 aromatic heterocycles. The molecular weight excluding hydrogens is 404 g/mol. The molecule has 0 amide bonds. The number of rotatable bonds is 5. The molecule has 1 fully saturated rings. The number of ketones is 1. The average Bonchev–Trinajstić information content (AvgIpc) is 2.69. The molecule has 11 heteroatoms. The molecule has 8 N–H and O–H groups in total. The van der Waals surface area contributed by atoms with Crippen LogP contribution in [0.25, 0.3) is 0 Å². The lowest BCUT2D eigenvalue weighted by Gasteiger charge is -2.39. The number of ether oxygens (including phenoxy) is 2. The summed E-state index contributed by atoms with van der Waals surface area (Å²) in [6.07, 6.45) is -8.15. The van der Waals surface area contributed by atoms with Crippen molar-refractivity contribution in [1.82, 2.24) is 0 Å². The fourth-order valence-electron chi connectivity index (χ4n) is 3.01. The summed E-state index contributed by atoms with van der Waals surface area (Å²) in [7, 11) is 0. The van der Waals surface area contributed by atoms with E-state index in [0.717, 1.165) is 24.3 Å². The Morgan fingerprint density at radius 3 is 2.23 bits per heavy atom. The monoisotopic (exact) mass is 424 g/mol. The third-order valence-electron chi connectivity index (χ3n) is 4.62. The highest BCUT2D eigenvalue weighted by atomic mass is 16.7. The summed E-state index contributed by atoms with van der Waals surface area (Å²) in [4.78, 5) is 12.9. The standard InChI is InChI=1S/C19H20O11/c20-6-13-16(26)17(27)18(28)19(30-13)29-12-5-8(21)4-11(24)14(12)15(25)7-1-2-9(22)10(23)3-7/h1-5,13,16-24,26-28H,6H2/t13-,16+,17+,18-,19-/m1/s1. The molecule has 0 aliphatic carbocycles. The van der Waals surface area contributed by atoms with E-state index >= 15 is 0 Å². The molecule has 162 valence electrons. The van der Waals surface area contributed by atoms with Gasteiger partial charge in [0.15, 0.2) is 11.5 Å². The van der Waals surface area contributed by atoms with E-state index in [0.29, 0.717) is 0 Å². The van der Waals surface area contributed by atoms with Gasteiger partial charge in [-0.3, -0.25) is 4.79 Å². The first-order chi connectivity index (χ1) is 14.1. The Morgan fingerprint density at radius 1 is 0.900 bits per heavy atom. The highest BCUT2D eigenvalue weighted by Crippen LogP contribution is 2.37. The molecule has 3 rings (SSSR count). The Morgan fingerprint density at radius 2 is 1.60 bits per heavy atom. The van der Waals surface area contributed by atoms with E-state index < -0.39 is 77.4 Å². The fraction of sp³-hybridized carbons (Fsp3) is 0.316. The van der Waals surface area contributed by atoms with Gasteiger partial charge in [-0.2, -0.15) is 0 Å². The number of carbonyl (C=O) groups excluding carboxylic acids is 1. The third kappa shape index (κ3) is 3.97. The zero-order chi connectivity index (χ0) is 22.2. The minimum absolute atomic E-state index is 0.148. The largest absolute Gasteiger partial charge is 0.508 e. The smallest absolute Gasteiger partial charge is 0.229 e. The lowest BCUT2D eigenvalue weighted by atomic mass is 9.98. The summed E-state index contributed by atoms with van der Waals surface area (Å²) >= 11 is 0. The molecular formula is C19H20O11. The number of hydrogen-bond acceptors (Lipinski definition) is 11. The summed E-state index contributed by atoms with van der Waals surface area (Å²) in [6.45, 7) is -0.714. The molecule has 0 radical (unpaired) electrons. The fourth-order valence-corrected chi connectivity index (χ4v) is 3.01. The van der Waals surface area contributed by atoms with E-state index in [1.54, 1.807) is 0 Å². The molecule has 0 spiro atoms. The molecule has 30 heavy (non-hydrogen) atoms. The van der Waals surface area contributed by atoms with E-state index in [1.807, 2.05) is 0 Å². The summed E-state index contributed by atoms with van der Waals surface area (Å²) in [5.41, 5.74) is -0.625. The lowest BCUT2D eigenvalue weighted by Crippen LogP contribution is -2.60. The first-order valence-corrected chi connectivity index (χ1v) is 8.73. The number of phenols is 4. The quantitative estimate of drug-likeness (QED) is 0.215. The second-order valence-corrected chi connectivity index (χ2v) is 6.69. The Balaban J connectivity index is 1.99. The van der Waals surface area contributed by atoms with Crippen LogP contribution < -0.4 is 4.74 Å². The number of hydrogen-bond donors (Lipinski definition) is 8. The van der Waals surface area contributed by atoms with Crippen LogP contribution in [0, 0.1) is 0 Å². The molecule has 0 unspecified atom stereocenters. The molecule has 1 saturated heterocycles. The number of phenolic OH excluding ortho intramolecular Hbond substituents is 4. The second-order valence-electron chi connectivity index (χ2n) is 6.69. The number of aromatic hydroxyl groups is 4. The van der Waals surface area contributed by atoms with Crippen molar-refractivity contribution in [2.45, 2.75) is 30.7 Å². The first kappa shape index (κ1) is 21.6. The third-order valence-corrected chi connectivity index (χ3v) is 4.62. The van der Waals surface area contributed by atoms with Gasteiger partial charge in [0.2, 0.25) is 12.1 Å². The van der Waals surface area contributed by atoms with Crippen molar-refractivity contribution in [3.8, 4) is 28.7 Å². The van der Waals surface area contributed by atoms with Crippen LogP contribution >= 0.6 is 0 Å². The van der Waals surface area contributed by atoms with Crippen molar-refractivity contribution in [2.24, 2.45) is 0 Å². The summed E-state index contributed by atoms with van der Waals surface area (Å²) in [6, 6.07) is 4.96. The maximum absolute atomic E-state index is 12.9. The van der Waals surface area contributed by atoms with Crippen molar-refractivity contribution in [2.75, 3.05) is 6.61 Å². The van der Waals surface area contributed by atoms with Gasteiger partial charge in [0.25, 0.3) is 0 Å². The zero-order valence-corrected chi connectivity index (χ0v) is 15.3. The average molecular weight is 424 g/mol. The van der Waals surface area contributed by atoms with Crippen molar-refractivity contribution in [3.63, 3.8) is 0 Å². The van der Waals surface area contributed by atoms with Gasteiger partial charge in [0.05, 0.1) is 6.61 Å². The summed E-state index contributed by atoms with van der Waals surface area (Å²) < 4.78 is 10.6. The number of aliphatic hydroxyl groups is 4. The maximum Gasteiger partial charge on any atom is 0.229 e. The Hall–Kier alpha value is -3.09. The number of benzene rings is 2. The van der Waals surface area contributed by atoms with Gasteiger partial charge in [-0.05, 0) is 18.2 Å². The van der Waals surface area contributed by atoms with E-state index in [2.05, 4.69) is 0 Å². The van der Waals surface area contributed by atoms with Gasteiger partial charge in [-0.15, -0.1) is 0 Å². The number of aliphatic hydroxyl groups excluding tert-OH is 4. The van der Waals surface area contributed by atoms with Gasteiger partial charge in [0, 0.05) is 17.7 Å². The highest BCUT2D eigenvalue weighted by molar-refractivity contribution is 6.12. The minimum Gasteiger partial charge on any atom is -0.508 e. The van der Waals surface area contributed by atoms with Crippen LogP contribution in [0.15, 0.2) is 30.3 Å². The predicted molar refractivity (Wildman–Crippen MR) is 97.4 cm³/mol. The van der Waals surface area contributed by atoms with Gasteiger partial charge >= 0.3 is 0 Å². The van der Waals surface area contributed by atoms with Crippen LogP contribution in [0.5, 0.6) is 28.7 Å². The molecule has 0 bridgehead atoms. The molecule has 1 aliphatic rings. The Bertz CT molecular complexity index is 942. The Labute approximate surface area is 169 Å². The topological polar surface area (TPSA) is 197 Å². The summed E-state index contributed by atoms with van der Waals surface area (Å²) in [5, 5.41) is 78.1. The highest BCUT2D eigenvalue weighted by Gasteiger charge is 2.45. The maximum atomic E-state index is 12.9. The van der Waals surface area contributed by atoms with E-state index in [1.165, 1.54) is 6.07 Å². The Kier molecular flexibility index (Phi) is 6.01.